The van der Waals surface area contributed by atoms with Gasteiger partial charge in [-0.1, -0.05) is 77.0 Å². The molecule has 0 spiro atoms. The number of rotatable bonds is 5. The average Bonchev–Trinajstić information content (AvgIpc) is 3.01. The van der Waals surface area contributed by atoms with Crippen molar-refractivity contribution < 1.29 is 19.1 Å². The first kappa shape index (κ1) is 32.2. The fraction of sp³-hybridized carbons (Fsp3) is 0.667. The maximum absolute atomic E-state index is 12.8. The van der Waals surface area contributed by atoms with Gasteiger partial charge in [0.2, 0.25) is 0 Å². The van der Waals surface area contributed by atoms with E-state index >= 15 is 0 Å². The highest BCUT2D eigenvalue weighted by molar-refractivity contribution is 5.91. The van der Waals surface area contributed by atoms with Crippen molar-refractivity contribution >= 4 is 11.9 Å². The van der Waals surface area contributed by atoms with Crippen LogP contribution < -0.4 is 0 Å². The highest BCUT2D eigenvalue weighted by Gasteiger charge is 2.21. The van der Waals surface area contributed by atoms with Crippen molar-refractivity contribution in [1.29, 1.82) is 0 Å². The fourth-order valence-corrected chi connectivity index (χ4v) is 6.67. The first-order valence-corrected chi connectivity index (χ1v) is 16.8. The number of carbonyl (C=O) groups excluding carboxylic acids is 2. The summed E-state index contributed by atoms with van der Waals surface area (Å²) in [5, 5.41) is 0. The zero-order valence-corrected chi connectivity index (χ0v) is 26.2. The number of hydrogen-bond donors (Lipinski definition) is 0. The molecule has 0 radical (unpaired) electrons. The lowest BCUT2D eigenvalue weighted by molar-refractivity contribution is 0.0589. The molecule has 0 atom stereocenters. The van der Waals surface area contributed by atoms with Gasteiger partial charge >= 0.3 is 11.9 Å². The lowest BCUT2D eigenvalue weighted by Crippen LogP contribution is -2.15. The Morgan fingerprint density at radius 2 is 0.833 bits per heavy atom. The molecule has 4 aliphatic rings. The molecule has 0 fully saturated rings. The predicted octanol–water partition coefficient (Wildman–Crippen LogP) is 8.27. The highest BCUT2D eigenvalue weighted by atomic mass is 16.5. The van der Waals surface area contributed by atoms with Crippen molar-refractivity contribution in [1.82, 2.24) is 9.97 Å². The summed E-state index contributed by atoms with van der Waals surface area (Å²) in [4.78, 5) is 35.9. The summed E-state index contributed by atoms with van der Waals surface area (Å²) >= 11 is 0. The SMILES string of the molecule is COC(=O)c1cc2c(CCc3nc4c(C(=O)OC)cc3CCCCCCCCCC4)nc1CCCCCCCCCC2. The Morgan fingerprint density at radius 3 is 1.17 bits per heavy atom. The minimum atomic E-state index is -0.280. The normalized spacial score (nSPS) is 17.7. The molecular weight excluding hydrogens is 524 g/mol. The summed E-state index contributed by atoms with van der Waals surface area (Å²) in [6.45, 7) is 0. The molecule has 42 heavy (non-hydrogen) atoms. The van der Waals surface area contributed by atoms with Crippen LogP contribution in [0.1, 0.15) is 157 Å². The Morgan fingerprint density at radius 1 is 0.524 bits per heavy atom. The van der Waals surface area contributed by atoms with Crippen LogP contribution in [-0.2, 0) is 48.0 Å². The lowest BCUT2D eigenvalue weighted by Gasteiger charge is -2.18. The number of aryl methyl sites for hydroxylation is 6. The van der Waals surface area contributed by atoms with E-state index in [-0.39, 0.29) is 11.9 Å². The summed E-state index contributed by atoms with van der Waals surface area (Å²) < 4.78 is 10.4. The molecule has 6 heteroatoms. The second-order valence-electron chi connectivity index (χ2n) is 12.3. The molecule has 2 aliphatic heterocycles. The van der Waals surface area contributed by atoms with E-state index in [0.717, 1.165) is 87.0 Å². The van der Waals surface area contributed by atoms with Crippen molar-refractivity contribution in [3.63, 3.8) is 0 Å². The van der Waals surface area contributed by atoms with E-state index in [1.807, 2.05) is 0 Å². The molecule has 0 saturated carbocycles. The van der Waals surface area contributed by atoms with Crippen LogP contribution >= 0.6 is 0 Å². The third kappa shape index (κ3) is 9.37. The van der Waals surface area contributed by atoms with E-state index in [9.17, 15) is 9.59 Å². The molecule has 2 aromatic heterocycles. The fourth-order valence-electron chi connectivity index (χ4n) is 6.67. The quantitative estimate of drug-likeness (QED) is 0.333. The standard InChI is InChI=1S/C36H52N2O4/c1-41-35(39)29-25-27-19-15-11-7-3-5-9-13-17-21-33(29)37-31(27)23-24-32-28-20-16-12-8-4-6-10-14-18-22-34(38-32)30(26-28)36(40)42-2/h25-26H,3-24H2,1-2H3. The minimum absolute atomic E-state index is 0.280. The number of fused-ring (bicyclic) bond motifs is 22. The van der Waals surface area contributed by atoms with Gasteiger partial charge in [0.25, 0.3) is 0 Å². The first-order valence-electron chi connectivity index (χ1n) is 16.8. The second-order valence-corrected chi connectivity index (χ2v) is 12.3. The van der Waals surface area contributed by atoms with Crippen LogP contribution in [0.25, 0.3) is 0 Å². The van der Waals surface area contributed by atoms with E-state index in [1.54, 1.807) is 0 Å². The number of nitrogens with zero attached hydrogens (tertiary/aromatic N) is 2. The summed E-state index contributed by atoms with van der Waals surface area (Å²) in [5.74, 6) is -0.560. The van der Waals surface area contributed by atoms with Gasteiger partial charge in [-0.15, -0.1) is 0 Å². The number of ether oxygens (including phenoxy) is 2. The van der Waals surface area contributed by atoms with Gasteiger partial charge in [-0.05, 0) is 87.5 Å². The van der Waals surface area contributed by atoms with Crippen LogP contribution in [0.15, 0.2) is 12.1 Å². The molecule has 6 nitrogen and oxygen atoms in total. The van der Waals surface area contributed by atoms with Gasteiger partial charge in [0, 0.05) is 11.4 Å². The zero-order chi connectivity index (χ0) is 29.6. The Bertz CT molecular complexity index is 1080. The summed E-state index contributed by atoms with van der Waals surface area (Å²) in [7, 11) is 2.92. The maximum Gasteiger partial charge on any atom is 0.339 e. The second kappa shape index (κ2) is 17.4. The Hall–Kier alpha value is -2.76. The third-order valence-electron chi connectivity index (χ3n) is 9.17. The molecule has 6 rings (SSSR count). The number of aromatic nitrogens is 2. The van der Waals surface area contributed by atoms with Gasteiger partial charge in [-0.3, -0.25) is 9.97 Å². The van der Waals surface area contributed by atoms with Crippen LogP contribution in [0.2, 0.25) is 0 Å². The molecule has 0 amide bonds. The molecular formula is C36H52N2O4. The van der Waals surface area contributed by atoms with Crippen molar-refractivity contribution in [2.75, 3.05) is 14.2 Å². The Labute approximate surface area is 253 Å². The molecule has 230 valence electrons. The molecule has 2 aliphatic carbocycles. The number of hydrogen-bond acceptors (Lipinski definition) is 6. The minimum Gasteiger partial charge on any atom is -0.465 e. The van der Waals surface area contributed by atoms with Crippen molar-refractivity contribution in [3.05, 3.63) is 57.2 Å². The predicted molar refractivity (Wildman–Crippen MR) is 167 cm³/mol. The topological polar surface area (TPSA) is 78.4 Å². The number of pyridine rings is 2. The van der Waals surface area contributed by atoms with E-state index in [4.69, 9.17) is 19.4 Å². The van der Waals surface area contributed by atoms with Gasteiger partial charge in [-0.25, -0.2) is 9.59 Å². The van der Waals surface area contributed by atoms with Gasteiger partial charge in [0.1, 0.15) is 0 Å². The van der Waals surface area contributed by atoms with Gasteiger partial charge < -0.3 is 9.47 Å². The van der Waals surface area contributed by atoms with Gasteiger partial charge in [-0.2, -0.15) is 0 Å². The van der Waals surface area contributed by atoms with Crippen molar-refractivity contribution in [3.8, 4) is 0 Å². The molecule has 0 saturated heterocycles. The smallest absolute Gasteiger partial charge is 0.339 e. The molecule has 2 aromatic rings. The molecule has 0 N–H and O–H groups in total. The zero-order valence-electron chi connectivity index (χ0n) is 26.2. The van der Waals surface area contributed by atoms with Crippen LogP contribution in [0.4, 0.5) is 0 Å². The monoisotopic (exact) mass is 576 g/mol. The number of methoxy groups -OCH3 is 2. The van der Waals surface area contributed by atoms with Crippen molar-refractivity contribution in [2.45, 2.75) is 141 Å². The maximum atomic E-state index is 12.8. The third-order valence-corrected chi connectivity index (χ3v) is 9.17. The van der Waals surface area contributed by atoms with Crippen LogP contribution in [-0.4, -0.2) is 36.1 Å². The molecule has 4 heterocycles. The van der Waals surface area contributed by atoms with Crippen molar-refractivity contribution in [2.24, 2.45) is 0 Å². The van der Waals surface area contributed by atoms with E-state index in [2.05, 4.69) is 12.1 Å². The highest BCUT2D eigenvalue weighted by Crippen LogP contribution is 2.25. The molecule has 0 aromatic carbocycles. The summed E-state index contributed by atoms with van der Waals surface area (Å²) in [6, 6.07) is 4.15. The van der Waals surface area contributed by atoms with Crippen LogP contribution in [0.5, 0.6) is 0 Å². The largest absolute Gasteiger partial charge is 0.465 e. The Kier molecular flexibility index (Phi) is 13.3. The van der Waals surface area contributed by atoms with E-state index in [1.165, 1.54) is 102 Å². The Balaban J connectivity index is 1.67. The molecule has 4 bridgehead atoms. The van der Waals surface area contributed by atoms with Gasteiger partial charge in [0.05, 0.1) is 36.7 Å². The summed E-state index contributed by atoms with van der Waals surface area (Å²) in [5.41, 5.74) is 7.56. The first-order chi connectivity index (χ1) is 20.6. The summed E-state index contributed by atoms with van der Waals surface area (Å²) in [6.07, 6.45) is 24.3. The van der Waals surface area contributed by atoms with Gasteiger partial charge in [0.15, 0.2) is 0 Å². The number of esters is 2. The van der Waals surface area contributed by atoms with Crippen LogP contribution in [0, 0.1) is 0 Å². The molecule has 0 unspecified atom stereocenters. The lowest BCUT2D eigenvalue weighted by atomic mass is 9.93. The van der Waals surface area contributed by atoms with E-state index in [0.29, 0.717) is 11.1 Å². The number of carbonyl (C=O) groups is 2. The van der Waals surface area contributed by atoms with Crippen LogP contribution in [0.3, 0.4) is 0 Å². The average molecular weight is 577 g/mol. The van der Waals surface area contributed by atoms with E-state index < -0.39 is 0 Å².